The number of guanidine groups is 1. The molecule has 0 saturated carbocycles. The molecule has 3 aliphatic rings. The maximum absolute atomic E-state index is 15.3. The van der Waals surface area contributed by atoms with Gasteiger partial charge in [-0.1, -0.05) is 104 Å². The predicted octanol–water partition coefficient (Wildman–Crippen LogP) is 2.15. The number of H-pyrrole nitrogens is 1. The van der Waals surface area contributed by atoms with Crippen LogP contribution in [0, 0.1) is 23.2 Å². The van der Waals surface area contributed by atoms with Crippen LogP contribution in [0.3, 0.4) is 0 Å². The van der Waals surface area contributed by atoms with Gasteiger partial charge in [-0.3, -0.25) is 67.5 Å². The lowest BCUT2D eigenvalue weighted by Crippen LogP contribution is -2.63. The standard InChI is InChI=1S/C73H107N15O15/c1-39(2)31-50-63(95)82-51(33-44-21-13-12-14-22-44)64(96)79-48(25-17-18-28-76-42(7)59-56(90)36-73(9,10)37-57(59)91)62(94)85-60(41(5)6)68(100)80-49(26-19-29-77-72(74)75)70(102)87(11)55(32-40(3)4)67(99)84-53(34-45-38-78-47-24-16-15-23-46(45)47)71(103)88-30-20-27-54(88)66(98)86-61(43(8)89)69(101)83-52(35-58(92)93)65(97)81-50/h12-16,21-24,38-41,43,48-55,60-61,78,89-90H,17-20,25-37H2,1-11H3,(H,79,96)(H,80,100)(H,81,97)(H,82,95)(H,83,101)(H,84,99)(H,85,94)(H,86,98)(H,92,93)(H4,74,75,77)/t43-,48+,49+,50+,51-,52+,53-,54+,55+,60+,61+/m1/s1. The largest absolute Gasteiger partial charge is 0.511 e. The number of rotatable bonds is 22. The number of carbonyl (C=O) groups excluding carboxylic acids is 11. The minimum Gasteiger partial charge on any atom is -0.511 e. The highest BCUT2D eigenvalue weighted by molar-refractivity contribution is 6.22. The highest BCUT2D eigenvalue weighted by Crippen LogP contribution is 2.36. The maximum atomic E-state index is 15.3. The van der Waals surface area contributed by atoms with Gasteiger partial charge in [-0.25, -0.2) is 0 Å². The van der Waals surface area contributed by atoms with E-state index in [1.165, 1.54) is 23.8 Å². The third-order valence-corrected chi connectivity index (χ3v) is 18.6. The molecule has 16 N–H and O–H groups in total. The second kappa shape index (κ2) is 38.0. The highest BCUT2D eigenvalue weighted by Gasteiger charge is 2.44. The van der Waals surface area contributed by atoms with Gasteiger partial charge in [-0.2, -0.15) is 0 Å². The van der Waals surface area contributed by atoms with Crippen LogP contribution >= 0.6 is 0 Å². The first-order chi connectivity index (χ1) is 48.5. The molecule has 103 heavy (non-hydrogen) atoms. The summed E-state index contributed by atoms with van der Waals surface area (Å²) in [7, 11) is 1.38. The van der Waals surface area contributed by atoms with Crippen LogP contribution in [0.4, 0.5) is 0 Å². The molecule has 6 rings (SSSR count). The molecule has 2 saturated heterocycles. The number of unbranched alkanes of at least 4 members (excludes halogenated alkanes) is 1. The Morgan fingerprint density at radius 3 is 1.82 bits per heavy atom. The van der Waals surface area contributed by atoms with Crippen molar-refractivity contribution in [1.29, 1.82) is 0 Å². The molecule has 1 aliphatic carbocycles. The lowest BCUT2D eigenvalue weighted by molar-refractivity contribution is -0.145. The Labute approximate surface area is 601 Å². The summed E-state index contributed by atoms with van der Waals surface area (Å²) in [4.78, 5) is 189. The molecule has 3 heterocycles. The van der Waals surface area contributed by atoms with Crippen LogP contribution in [0.1, 0.15) is 157 Å². The van der Waals surface area contributed by atoms with E-state index < -0.39 is 149 Å². The number of hydrogen-bond donors (Lipinski definition) is 14. The van der Waals surface area contributed by atoms with Crippen molar-refractivity contribution >= 4 is 93.4 Å². The van der Waals surface area contributed by atoms with E-state index in [1.54, 1.807) is 77.2 Å². The fourth-order valence-corrected chi connectivity index (χ4v) is 13.2. The van der Waals surface area contributed by atoms with Crippen LogP contribution in [-0.4, -0.2) is 206 Å². The van der Waals surface area contributed by atoms with E-state index in [0.717, 1.165) is 0 Å². The monoisotopic (exact) mass is 1430 g/mol. The Bertz CT molecular complexity index is 3640. The number of Topliss-reactive ketones (excluding diaryl/α,β-unsaturated/α-hetero) is 1. The number of aliphatic carboxylic acids is 1. The van der Waals surface area contributed by atoms with Crippen LogP contribution in [0.25, 0.3) is 10.9 Å². The van der Waals surface area contributed by atoms with Crippen molar-refractivity contribution in [2.24, 2.45) is 44.6 Å². The fourth-order valence-electron chi connectivity index (χ4n) is 13.2. The average Bonchev–Trinajstić information content (AvgIpc) is 1.79. The Balaban J connectivity index is 1.46. The van der Waals surface area contributed by atoms with Crippen molar-refractivity contribution in [3.63, 3.8) is 0 Å². The maximum Gasteiger partial charge on any atom is 0.305 e. The second-order valence-electron chi connectivity index (χ2n) is 29.3. The van der Waals surface area contributed by atoms with Gasteiger partial charge in [0, 0.05) is 75.2 Å². The van der Waals surface area contributed by atoms with Crippen LogP contribution in [0.2, 0.25) is 0 Å². The second-order valence-corrected chi connectivity index (χ2v) is 29.3. The van der Waals surface area contributed by atoms with E-state index in [0.29, 0.717) is 27.7 Å². The molecule has 10 amide bonds. The molecule has 0 spiro atoms. The average molecular weight is 1430 g/mol. The van der Waals surface area contributed by atoms with E-state index in [4.69, 9.17) is 11.5 Å². The predicted molar refractivity (Wildman–Crippen MR) is 386 cm³/mol. The molecule has 30 nitrogen and oxygen atoms in total. The lowest BCUT2D eigenvalue weighted by Gasteiger charge is -2.35. The molecule has 0 radical (unpaired) electrons. The summed E-state index contributed by atoms with van der Waals surface area (Å²) in [5.74, 6) is -12.5. The van der Waals surface area contributed by atoms with Crippen LogP contribution in [0.15, 0.2) is 82.1 Å². The molecule has 2 fully saturated rings. The number of fused-ring (bicyclic) bond motifs is 2. The van der Waals surface area contributed by atoms with E-state index >= 15 is 28.8 Å². The van der Waals surface area contributed by atoms with Gasteiger partial charge in [-0.15, -0.1) is 0 Å². The number of carboxylic acids is 1. The van der Waals surface area contributed by atoms with Crippen molar-refractivity contribution < 1.29 is 72.9 Å². The molecular formula is C73H107N15O15. The van der Waals surface area contributed by atoms with E-state index in [9.17, 15) is 44.1 Å². The SMILES string of the molecule is CC(=NCCCC[C@@H]1NC(=O)[C@@H](Cc2ccccc2)NC(=O)[C@H](CC(C)C)NC(=O)[C@H](CC(=O)O)NC(=O)[C@H]([C@@H](C)O)NC(=O)[C@@H]2CCCN2C(=O)[C@@H](Cc2c[nH]c3ccccc23)NC(=O)[C@H](CC(C)C)N(C)C(=O)[C@H](CCCN=C(N)N)NC(=O)[C@H](C(C)C)NC1=O)C1=C(O)CC(C)(C)CC1=O. The number of hydrogen-bond acceptors (Lipinski definition) is 16. The summed E-state index contributed by atoms with van der Waals surface area (Å²) in [5.41, 5.74) is 13.3. The molecule has 30 heteroatoms. The molecule has 2 aromatic carbocycles. The number of carboxylic acid groups (broad SMARTS) is 1. The first-order valence-corrected chi connectivity index (χ1v) is 35.6. The quantitative estimate of drug-likeness (QED) is 0.0389. The zero-order valence-electron chi connectivity index (χ0n) is 61.1. The minimum absolute atomic E-state index is 0.00880. The summed E-state index contributed by atoms with van der Waals surface area (Å²) in [6.45, 7) is 17.1. The number of allylic oxidation sites excluding steroid dienone is 2. The number of para-hydroxylation sites is 1. The molecule has 564 valence electrons. The number of aliphatic hydroxyl groups excluding tert-OH is 2. The number of nitrogens with zero attached hydrogens (tertiary/aromatic N) is 4. The summed E-state index contributed by atoms with van der Waals surface area (Å²) < 4.78 is 0. The van der Waals surface area contributed by atoms with Gasteiger partial charge in [0.2, 0.25) is 59.1 Å². The Kier molecular flexibility index (Phi) is 30.3. The summed E-state index contributed by atoms with van der Waals surface area (Å²) in [6, 6.07) is 0.605. The van der Waals surface area contributed by atoms with Gasteiger partial charge in [0.05, 0.1) is 18.1 Å². The molecule has 3 aromatic rings. The molecule has 2 aliphatic heterocycles. The molecule has 0 bridgehead atoms. The molecule has 1 aromatic heterocycles. The summed E-state index contributed by atoms with van der Waals surface area (Å²) >= 11 is 0. The number of aliphatic hydroxyl groups is 2. The number of carbonyl (C=O) groups is 12. The number of ketones is 1. The van der Waals surface area contributed by atoms with Crippen molar-refractivity contribution in [3.05, 3.63) is 83.3 Å². The highest BCUT2D eigenvalue weighted by atomic mass is 16.4. The Hall–Kier alpha value is -9.74. The zero-order chi connectivity index (χ0) is 76.2. The van der Waals surface area contributed by atoms with E-state index in [2.05, 4.69) is 57.5 Å². The number of benzene rings is 2. The zero-order valence-corrected chi connectivity index (χ0v) is 61.1. The van der Waals surface area contributed by atoms with Gasteiger partial charge in [0.15, 0.2) is 11.7 Å². The van der Waals surface area contributed by atoms with E-state index in [-0.39, 0.29) is 138 Å². The normalized spacial score (nSPS) is 24.9. The lowest BCUT2D eigenvalue weighted by atomic mass is 9.76. The number of aliphatic imine (C=N–C) groups is 2. The smallest absolute Gasteiger partial charge is 0.305 e. The number of nitrogens with two attached hydrogens (primary N) is 2. The van der Waals surface area contributed by atoms with Crippen molar-refractivity contribution in [2.45, 2.75) is 226 Å². The van der Waals surface area contributed by atoms with Gasteiger partial charge in [-0.05, 0) is 112 Å². The van der Waals surface area contributed by atoms with Gasteiger partial charge < -0.3 is 84.1 Å². The first-order valence-electron chi connectivity index (χ1n) is 35.6. The molecule has 11 atom stereocenters. The van der Waals surface area contributed by atoms with Crippen LogP contribution < -0.4 is 54.0 Å². The molecule has 0 unspecified atom stereocenters. The third kappa shape index (κ3) is 23.9. The number of aromatic nitrogens is 1. The number of amides is 10. The van der Waals surface area contributed by atoms with Crippen molar-refractivity contribution in [2.75, 3.05) is 26.7 Å². The van der Waals surface area contributed by atoms with Crippen LogP contribution in [-0.2, 0) is 70.4 Å². The number of aromatic amines is 1. The summed E-state index contributed by atoms with van der Waals surface area (Å²) in [5, 5.41) is 54.4. The van der Waals surface area contributed by atoms with Gasteiger partial charge in [0.1, 0.15) is 66.2 Å². The van der Waals surface area contributed by atoms with Gasteiger partial charge in [0.25, 0.3) is 0 Å². The topological polar surface area (TPSA) is 461 Å². The third-order valence-electron chi connectivity index (χ3n) is 18.6. The van der Waals surface area contributed by atoms with Crippen molar-refractivity contribution in [3.8, 4) is 0 Å². The van der Waals surface area contributed by atoms with Crippen molar-refractivity contribution in [1.82, 2.24) is 57.3 Å². The Morgan fingerprint density at radius 1 is 0.612 bits per heavy atom. The first kappa shape index (κ1) is 82.2. The minimum atomic E-state index is -1.94. The van der Waals surface area contributed by atoms with E-state index in [1.807, 2.05) is 45.9 Å². The summed E-state index contributed by atoms with van der Waals surface area (Å²) in [6.07, 6.45) is -0.278. The fraction of sp³-hybridized carbons (Fsp3) is 0.589. The van der Waals surface area contributed by atoms with Crippen LogP contribution in [0.5, 0.6) is 0 Å². The number of likely N-dealkylation sites (N-methyl/N-ethyl adjacent to an activating group) is 1. The number of nitrogens with one attached hydrogen (secondary N) is 9. The molecular weight excluding hydrogens is 1330 g/mol. The van der Waals surface area contributed by atoms with Gasteiger partial charge >= 0.3 is 5.97 Å². The Morgan fingerprint density at radius 2 is 1.17 bits per heavy atom.